The van der Waals surface area contributed by atoms with Crippen molar-refractivity contribution in [2.24, 2.45) is 7.05 Å². The molecule has 0 radical (unpaired) electrons. The Bertz CT molecular complexity index is 451. The lowest BCUT2D eigenvalue weighted by molar-refractivity contribution is 0.377. The molecule has 2 N–H and O–H groups in total. The predicted octanol–water partition coefficient (Wildman–Crippen LogP) is 0.980. The smallest absolute Gasteiger partial charge is 0.238 e. The van der Waals surface area contributed by atoms with Crippen LogP contribution >= 0.6 is 0 Å². The van der Waals surface area contributed by atoms with Gasteiger partial charge in [-0.25, -0.2) is 14.6 Å². The maximum Gasteiger partial charge on any atom is 0.238 e. The first-order valence-electron chi connectivity index (χ1n) is 4.71. The van der Waals surface area contributed by atoms with Crippen LogP contribution in [0.25, 0.3) is 11.0 Å². The van der Waals surface area contributed by atoms with Gasteiger partial charge in [-0.05, 0) is 0 Å². The van der Waals surface area contributed by atoms with E-state index in [1.807, 2.05) is 13.8 Å². The number of aryl methyl sites for hydroxylation is 1. The zero-order valence-corrected chi connectivity index (χ0v) is 9.35. The normalized spacial score (nSPS) is 9.60. The number of hydrogen-bond donors (Lipinski definition) is 1. The summed E-state index contributed by atoms with van der Waals surface area (Å²) in [6, 6.07) is 0. The van der Waals surface area contributed by atoms with E-state index in [2.05, 4.69) is 15.1 Å². The lowest BCUT2D eigenvalue weighted by atomic mass is 10.4. The molecule has 0 fully saturated rings. The Balaban J connectivity index is 0.000000531. The molecule has 0 spiro atoms. The molecule has 0 unspecified atom stereocenters. The van der Waals surface area contributed by atoms with Crippen LogP contribution < -0.4 is 10.5 Å². The van der Waals surface area contributed by atoms with Gasteiger partial charge in [-0.3, -0.25) is 0 Å². The van der Waals surface area contributed by atoms with Gasteiger partial charge in [-0.2, -0.15) is 5.10 Å². The minimum Gasteiger partial charge on any atom is -0.480 e. The fraction of sp³-hybridized carbons (Fsp3) is 0.444. The van der Waals surface area contributed by atoms with Crippen molar-refractivity contribution >= 4 is 16.9 Å². The van der Waals surface area contributed by atoms with Crippen molar-refractivity contribution in [1.82, 2.24) is 19.7 Å². The van der Waals surface area contributed by atoms with Crippen LogP contribution in [0.4, 0.5) is 5.82 Å². The van der Waals surface area contributed by atoms with Crippen LogP contribution in [0, 0.1) is 0 Å². The number of anilines is 1. The van der Waals surface area contributed by atoms with E-state index in [9.17, 15) is 0 Å². The molecule has 2 aromatic heterocycles. The highest BCUT2D eigenvalue weighted by Gasteiger charge is 2.12. The fourth-order valence-corrected chi connectivity index (χ4v) is 1.22. The number of ether oxygens (including phenoxy) is 1. The highest BCUT2D eigenvalue weighted by Crippen LogP contribution is 2.24. The second-order valence-corrected chi connectivity index (χ2v) is 2.59. The van der Waals surface area contributed by atoms with Crippen molar-refractivity contribution in [2.75, 3.05) is 12.8 Å². The standard InChI is InChI=1S/C7H9N5O.C2H6/c1-12-7(13-2)5-4(11-12)6(8)10-3-9-5;1-2/h3H,1-2H3,(H2,8,9,10);1-2H3. The number of nitrogens with zero attached hydrogens (tertiary/aromatic N) is 4. The summed E-state index contributed by atoms with van der Waals surface area (Å²) in [5, 5.41) is 4.13. The maximum absolute atomic E-state index is 5.61. The van der Waals surface area contributed by atoms with Crippen molar-refractivity contribution in [2.45, 2.75) is 13.8 Å². The van der Waals surface area contributed by atoms with Crippen LogP contribution in [-0.4, -0.2) is 26.9 Å². The summed E-state index contributed by atoms with van der Waals surface area (Å²) in [5.41, 5.74) is 6.82. The highest BCUT2D eigenvalue weighted by atomic mass is 16.5. The Morgan fingerprint density at radius 1 is 1.27 bits per heavy atom. The summed E-state index contributed by atoms with van der Waals surface area (Å²) >= 11 is 0. The van der Waals surface area contributed by atoms with E-state index >= 15 is 0 Å². The summed E-state index contributed by atoms with van der Waals surface area (Å²) in [6.07, 6.45) is 1.39. The number of rotatable bonds is 1. The molecular formula is C9H15N5O. The van der Waals surface area contributed by atoms with Crippen LogP contribution in [0.5, 0.6) is 5.88 Å². The number of aromatic nitrogens is 4. The van der Waals surface area contributed by atoms with E-state index in [1.165, 1.54) is 6.33 Å². The summed E-state index contributed by atoms with van der Waals surface area (Å²) in [4.78, 5) is 7.87. The Hall–Kier alpha value is -1.85. The monoisotopic (exact) mass is 209 g/mol. The first-order chi connectivity index (χ1) is 7.24. The third kappa shape index (κ3) is 1.83. The van der Waals surface area contributed by atoms with Gasteiger partial charge in [0.1, 0.15) is 6.33 Å². The van der Waals surface area contributed by atoms with E-state index < -0.39 is 0 Å². The lowest BCUT2D eigenvalue weighted by Gasteiger charge is -1.97. The molecule has 15 heavy (non-hydrogen) atoms. The van der Waals surface area contributed by atoms with Gasteiger partial charge in [0.15, 0.2) is 16.9 Å². The molecule has 6 heteroatoms. The van der Waals surface area contributed by atoms with Crippen LogP contribution in [-0.2, 0) is 7.05 Å². The zero-order valence-electron chi connectivity index (χ0n) is 9.35. The molecule has 0 aliphatic heterocycles. The Morgan fingerprint density at radius 3 is 2.53 bits per heavy atom. The topological polar surface area (TPSA) is 78.8 Å². The largest absolute Gasteiger partial charge is 0.480 e. The average Bonchev–Trinajstić information content (AvgIpc) is 2.59. The summed E-state index contributed by atoms with van der Waals surface area (Å²) in [7, 11) is 3.33. The van der Waals surface area contributed by atoms with Gasteiger partial charge in [-0.15, -0.1) is 0 Å². The second-order valence-electron chi connectivity index (χ2n) is 2.59. The van der Waals surface area contributed by atoms with Gasteiger partial charge in [0.2, 0.25) is 5.88 Å². The number of nitrogens with two attached hydrogens (primary N) is 1. The molecule has 6 nitrogen and oxygen atoms in total. The van der Waals surface area contributed by atoms with Gasteiger partial charge in [-0.1, -0.05) is 13.8 Å². The van der Waals surface area contributed by atoms with Crippen molar-refractivity contribution in [3.63, 3.8) is 0 Å². The molecule has 0 saturated heterocycles. The molecule has 2 heterocycles. The maximum atomic E-state index is 5.61. The number of fused-ring (bicyclic) bond motifs is 1. The van der Waals surface area contributed by atoms with Gasteiger partial charge in [0.25, 0.3) is 0 Å². The van der Waals surface area contributed by atoms with Gasteiger partial charge in [0, 0.05) is 7.05 Å². The SMILES string of the molecule is CC.COc1c2ncnc(N)c2nn1C. The summed E-state index contributed by atoms with van der Waals surface area (Å²) in [5.74, 6) is 0.952. The fourth-order valence-electron chi connectivity index (χ4n) is 1.22. The molecule has 2 rings (SSSR count). The second kappa shape index (κ2) is 4.59. The highest BCUT2D eigenvalue weighted by molar-refractivity contribution is 5.87. The number of nitrogen functional groups attached to an aromatic ring is 1. The predicted molar refractivity (Wildman–Crippen MR) is 58.6 cm³/mol. The van der Waals surface area contributed by atoms with E-state index in [4.69, 9.17) is 10.5 Å². The Labute approximate surface area is 88.1 Å². The van der Waals surface area contributed by atoms with Crippen molar-refractivity contribution in [3.05, 3.63) is 6.33 Å². The molecular weight excluding hydrogens is 194 g/mol. The molecule has 0 saturated carbocycles. The molecule has 0 bridgehead atoms. The van der Waals surface area contributed by atoms with Crippen LogP contribution in [0.2, 0.25) is 0 Å². The molecule has 82 valence electrons. The molecule has 0 amide bonds. The third-order valence-electron chi connectivity index (χ3n) is 1.79. The quantitative estimate of drug-likeness (QED) is 0.757. The first-order valence-corrected chi connectivity index (χ1v) is 4.71. The summed E-state index contributed by atoms with van der Waals surface area (Å²) < 4.78 is 6.69. The number of methoxy groups -OCH3 is 1. The van der Waals surface area contributed by atoms with E-state index in [1.54, 1.807) is 18.8 Å². The van der Waals surface area contributed by atoms with Crippen molar-refractivity contribution < 1.29 is 4.74 Å². The molecule has 0 aliphatic rings. The van der Waals surface area contributed by atoms with Gasteiger partial charge >= 0.3 is 0 Å². The molecule has 0 atom stereocenters. The molecule has 2 aromatic rings. The van der Waals surface area contributed by atoms with Crippen LogP contribution in [0.3, 0.4) is 0 Å². The Kier molecular flexibility index (Phi) is 3.43. The molecule has 0 aliphatic carbocycles. The lowest BCUT2D eigenvalue weighted by Crippen LogP contribution is -1.94. The Morgan fingerprint density at radius 2 is 1.93 bits per heavy atom. The van der Waals surface area contributed by atoms with Crippen molar-refractivity contribution in [1.29, 1.82) is 0 Å². The molecule has 0 aromatic carbocycles. The van der Waals surface area contributed by atoms with Crippen LogP contribution in [0.1, 0.15) is 13.8 Å². The van der Waals surface area contributed by atoms with Gasteiger partial charge in [0.05, 0.1) is 7.11 Å². The minimum absolute atomic E-state index is 0.365. The van der Waals surface area contributed by atoms with E-state index in [-0.39, 0.29) is 0 Å². The number of hydrogen-bond acceptors (Lipinski definition) is 5. The van der Waals surface area contributed by atoms with Crippen molar-refractivity contribution in [3.8, 4) is 5.88 Å². The zero-order chi connectivity index (χ0) is 11.4. The van der Waals surface area contributed by atoms with E-state index in [0.29, 0.717) is 22.7 Å². The minimum atomic E-state index is 0.365. The average molecular weight is 209 g/mol. The van der Waals surface area contributed by atoms with Gasteiger partial charge < -0.3 is 10.5 Å². The third-order valence-corrected chi connectivity index (χ3v) is 1.79. The van der Waals surface area contributed by atoms with E-state index in [0.717, 1.165) is 0 Å². The summed E-state index contributed by atoms with van der Waals surface area (Å²) in [6.45, 7) is 4.00. The van der Waals surface area contributed by atoms with Crippen LogP contribution in [0.15, 0.2) is 6.33 Å². The first kappa shape index (κ1) is 11.2.